The average molecular weight is 290 g/mol. The second kappa shape index (κ2) is 8.15. The van der Waals surface area contributed by atoms with E-state index in [0.29, 0.717) is 12.1 Å². The molecule has 2 N–H and O–H groups in total. The lowest BCUT2D eigenvalue weighted by Crippen LogP contribution is -2.52. The summed E-state index contributed by atoms with van der Waals surface area (Å²) in [5.41, 5.74) is 1.32. The Kier molecular flexibility index (Phi) is 6.21. The normalized spacial score (nSPS) is 22.4. The van der Waals surface area contributed by atoms with Crippen LogP contribution in [0.4, 0.5) is 0 Å². The first-order chi connectivity index (χ1) is 10.2. The summed E-state index contributed by atoms with van der Waals surface area (Å²) >= 11 is 0. The van der Waals surface area contributed by atoms with Gasteiger partial charge in [-0.1, -0.05) is 50.1 Å². The van der Waals surface area contributed by atoms with Crippen LogP contribution < -0.4 is 5.32 Å². The predicted octanol–water partition coefficient (Wildman–Crippen LogP) is 2.49. The van der Waals surface area contributed by atoms with E-state index in [1.165, 1.54) is 18.4 Å². The monoisotopic (exact) mass is 290 g/mol. The highest BCUT2D eigenvalue weighted by atomic mass is 16.4. The Morgan fingerprint density at radius 2 is 2.00 bits per heavy atom. The fraction of sp³-hybridized carbons (Fsp3) is 0.588. The van der Waals surface area contributed by atoms with Gasteiger partial charge in [0, 0.05) is 18.6 Å². The smallest absolute Gasteiger partial charge is 0.317 e. The molecule has 0 bridgehead atoms. The third kappa shape index (κ3) is 4.83. The SMILES string of the molecule is CCN(Cc1ccccc1)C1CCCCC1NCC(=O)O. The van der Waals surface area contributed by atoms with E-state index < -0.39 is 5.97 Å². The predicted molar refractivity (Wildman–Crippen MR) is 84.2 cm³/mol. The molecule has 21 heavy (non-hydrogen) atoms. The molecule has 4 nitrogen and oxygen atoms in total. The van der Waals surface area contributed by atoms with Crippen LogP contribution in [0.5, 0.6) is 0 Å². The number of carbonyl (C=O) groups is 1. The molecule has 1 aliphatic rings. The van der Waals surface area contributed by atoms with Crippen LogP contribution >= 0.6 is 0 Å². The van der Waals surface area contributed by atoms with Gasteiger partial charge in [0.2, 0.25) is 0 Å². The number of carboxylic acid groups (broad SMARTS) is 1. The van der Waals surface area contributed by atoms with Crippen LogP contribution in [0.3, 0.4) is 0 Å². The number of hydrogen-bond acceptors (Lipinski definition) is 3. The van der Waals surface area contributed by atoms with Gasteiger partial charge >= 0.3 is 5.97 Å². The van der Waals surface area contributed by atoms with E-state index in [9.17, 15) is 4.79 Å². The van der Waals surface area contributed by atoms with Crippen LogP contribution in [0, 0.1) is 0 Å². The summed E-state index contributed by atoms with van der Waals surface area (Å²) in [6, 6.07) is 11.2. The molecule has 1 aromatic rings. The Labute approximate surface area is 127 Å². The topological polar surface area (TPSA) is 52.6 Å². The van der Waals surface area contributed by atoms with Crippen LogP contribution in [0.25, 0.3) is 0 Å². The number of carboxylic acids is 1. The summed E-state index contributed by atoms with van der Waals surface area (Å²) in [6.45, 7) is 4.17. The van der Waals surface area contributed by atoms with Gasteiger partial charge in [0.15, 0.2) is 0 Å². The molecule has 1 aromatic carbocycles. The summed E-state index contributed by atoms with van der Waals surface area (Å²) in [5, 5.41) is 12.1. The van der Waals surface area contributed by atoms with Gasteiger partial charge in [-0.05, 0) is 24.9 Å². The van der Waals surface area contributed by atoms with Gasteiger partial charge in [-0.3, -0.25) is 9.69 Å². The van der Waals surface area contributed by atoms with Crippen molar-refractivity contribution in [1.29, 1.82) is 0 Å². The zero-order valence-corrected chi connectivity index (χ0v) is 12.8. The van der Waals surface area contributed by atoms with E-state index >= 15 is 0 Å². The molecule has 0 aliphatic heterocycles. The molecule has 4 heteroatoms. The molecule has 0 radical (unpaired) electrons. The number of rotatable bonds is 7. The van der Waals surface area contributed by atoms with Gasteiger partial charge < -0.3 is 10.4 Å². The van der Waals surface area contributed by atoms with E-state index in [1.54, 1.807) is 0 Å². The molecule has 1 fully saturated rings. The molecule has 0 aromatic heterocycles. The minimum Gasteiger partial charge on any atom is -0.480 e. The highest BCUT2D eigenvalue weighted by molar-refractivity contribution is 5.69. The van der Waals surface area contributed by atoms with Gasteiger partial charge in [0.25, 0.3) is 0 Å². The van der Waals surface area contributed by atoms with Gasteiger partial charge in [-0.15, -0.1) is 0 Å². The van der Waals surface area contributed by atoms with E-state index in [0.717, 1.165) is 25.9 Å². The Bertz CT molecular complexity index is 436. The van der Waals surface area contributed by atoms with Crippen molar-refractivity contribution in [1.82, 2.24) is 10.2 Å². The minimum atomic E-state index is -0.773. The lowest BCUT2D eigenvalue weighted by atomic mass is 9.88. The van der Waals surface area contributed by atoms with Crippen LogP contribution in [-0.4, -0.2) is 41.1 Å². The fourth-order valence-corrected chi connectivity index (χ4v) is 3.29. The van der Waals surface area contributed by atoms with Crippen molar-refractivity contribution < 1.29 is 9.90 Å². The van der Waals surface area contributed by atoms with Crippen LogP contribution in [0.15, 0.2) is 30.3 Å². The lowest BCUT2D eigenvalue weighted by molar-refractivity contribution is -0.136. The number of benzene rings is 1. The van der Waals surface area contributed by atoms with E-state index in [-0.39, 0.29) is 6.54 Å². The molecule has 1 aliphatic carbocycles. The summed E-state index contributed by atoms with van der Waals surface area (Å²) in [4.78, 5) is 13.3. The number of hydrogen-bond donors (Lipinski definition) is 2. The Morgan fingerprint density at radius 3 is 2.67 bits per heavy atom. The molecule has 2 atom stereocenters. The van der Waals surface area contributed by atoms with Crippen molar-refractivity contribution in [3.05, 3.63) is 35.9 Å². The van der Waals surface area contributed by atoms with Gasteiger partial charge in [0.1, 0.15) is 0 Å². The number of nitrogens with one attached hydrogen (secondary N) is 1. The summed E-state index contributed by atoms with van der Waals surface area (Å²) < 4.78 is 0. The van der Waals surface area contributed by atoms with Crippen molar-refractivity contribution in [2.75, 3.05) is 13.1 Å². The van der Waals surface area contributed by atoms with Crippen molar-refractivity contribution in [2.45, 2.75) is 51.2 Å². The Balaban J connectivity index is 2.01. The number of nitrogens with zero attached hydrogens (tertiary/aromatic N) is 1. The second-order valence-electron chi connectivity index (χ2n) is 5.78. The minimum absolute atomic E-state index is 0.0596. The van der Waals surface area contributed by atoms with Crippen molar-refractivity contribution in [3.63, 3.8) is 0 Å². The number of aliphatic carboxylic acids is 1. The fourth-order valence-electron chi connectivity index (χ4n) is 3.29. The highest BCUT2D eigenvalue weighted by Gasteiger charge is 2.29. The number of likely N-dealkylation sites (N-methyl/N-ethyl adjacent to an activating group) is 1. The quantitative estimate of drug-likeness (QED) is 0.810. The molecule has 0 spiro atoms. The summed E-state index contributed by atoms with van der Waals surface area (Å²) in [7, 11) is 0. The maximum absolute atomic E-state index is 10.8. The standard InChI is InChI=1S/C17H26N2O2/c1-2-19(13-14-8-4-3-5-9-14)16-11-7-6-10-15(16)18-12-17(20)21/h3-5,8-9,15-16,18H,2,6-7,10-13H2,1H3,(H,20,21). The van der Waals surface area contributed by atoms with E-state index in [4.69, 9.17) is 5.11 Å². The first kappa shape index (κ1) is 16.0. The second-order valence-corrected chi connectivity index (χ2v) is 5.78. The van der Waals surface area contributed by atoms with Gasteiger partial charge in [-0.25, -0.2) is 0 Å². The van der Waals surface area contributed by atoms with E-state index in [1.807, 2.05) is 6.07 Å². The molecule has 0 saturated heterocycles. The Morgan fingerprint density at radius 1 is 1.29 bits per heavy atom. The van der Waals surface area contributed by atoms with Crippen LogP contribution in [0.1, 0.15) is 38.2 Å². The summed E-state index contributed by atoms with van der Waals surface area (Å²) in [5.74, 6) is -0.773. The van der Waals surface area contributed by atoms with Crippen molar-refractivity contribution in [2.24, 2.45) is 0 Å². The van der Waals surface area contributed by atoms with Gasteiger partial charge in [0.05, 0.1) is 6.54 Å². The summed E-state index contributed by atoms with van der Waals surface area (Å²) in [6.07, 6.45) is 4.65. The van der Waals surface area contributed by atoms with Crippen molar-refractivity contribution >= 4 is 5.97 Å². The van der Waals surface area contributed by atoms with Gasteiger partial charge in [-0.2, -0.15) is 0 Å². The molecule has 116 valence electrons. The first-order valence-corrected chi connectivity index (χ1v) is 7.94. The maximum Gasteiger partial charge on any atom is 0.317 e. The average Bonchev–Trinajstić information content (AvgIpc) is 2.52. The maximum atomic E-state index is 10.8. The zero-order valence-electron chi connectivity index (χ0n) is 12.8. The molecule has 0 heterocycles. The van der Waals surface area contributed by atoms with Crippen LogP contribution in [-0.2, 0) is 11.3 Å². The lowest BCUT2D eigenvalue weighted by Gasteiger charge is -2.40. The third-order valence-electron chi connectivity index (χ3n) is 4.35. The van der Waals surface area contributed by atoms with Crippen molar-refractivity contribution in [3.8, 4) is 0 Å². The molecule has 2 unspecified atom stereocenters. The molecule has 0 amide bonds. The molecular weight excluding hydrogens is 264 g/mol. The Hall–Kier alpha value is -1.39. The molecular formula is C17H26N2O2. The molecule has 2 rings (SSSR count). The first-order valence-electron chi connectivity index (χ1n) is 7.94. The van der Waals surface area contributed by atoms with Crippen LogP contribution in [0.2, 0.25) is 0 Å². The third-order valence-corrected chi connectivity index (χ3v) is 4.35. The molecule has 1 saturated carbocycles. The highest BCUT2D eigenvalue weighted by Crippen LogP contribution is 2.24. The van der Waals surface area contributed by atoms with E-state index in [2.05, 4.69) is 41.4 Å². The largest absolute Gasteiger partial charge is 0.480 e. The zero-order chi connectivity index (χ0) is 15.1.